The van der Waals surface area contributed by atoms with E-state index in [1.165, 1.54) is 19.1 Å². The summed E-state index contributed by atoms with van der Waals surface area (Å²) in [6.07, 6.45) is 0. The fraction of sp³-hybridized carbons (Fsp3) is 0.444. The predicted molar refractivity (Wildman–Crippen MR) is 94.1 cm³/mol. The summed E-state index contributed by atoms with van der Waals surface area (Å²) >= 11 is 0. The molecule has 2 amide bonds. The Bertz CT molecular complexity index is 716. The van der Waals surface area contributed by atoms with Crippen LogP contribution in [0, 0.1) is 0 Å². The lowest BCUT2D eigenvalue weighted by atomic mass is 9.94. The number of nitrogens with one attached hydrogen (secondary N) is 1. The summed E-state index contributed by atoms with van der Waals surface area (Å²) in [5.74, 6) is 0.582. The molecule has 1 unspecified atom stereocenters. The Kier molecular flexibility index (Phi) is 6.46. The fourth-order valence-corrected chi connectivity index (χ4v) is 2.69. The molecule has 26 heavy (non-hydrogen) atoms. The van der Waals surface area contributed by atoms with Crippen LogP contribution in [0.1, 0.15) is 18.5 Å². The molecule has 0 radical (unpaired) electrons. The number of carbonyl (C=O) groups is 2. The van der Waals surface area contributed by atoms with Gasteiger partial charge in [-0.2, -0.15) is 0 Å². The Labute approximate surface area is 152 Å². The molecule has 0 aliphatic carbocycles. The smallest absolute Gasteiger partial charge is 0.338 e. The van der Waals surface area contributed by atoms with Crippen molar-refractivity contribution in [2.24, 2.45) is 0 Å². The van der Waals surface area contributed by atoms with E-state index in [0.717, 1.165) is 0 Å². The SMILES string of the molecule is COCCOC(=O)C1=C(C)N(C)C(=O)NC1c1ccc(OC)cc1OC. The number of ether oxygens (including phenoxy) is 4. The van der Waals surface area contributed by atoms with Crippen LogP contribution in [0.4, 0.5) is 4.79 Å². The number of benzene rings is 1. The largest absolute Gasteiger partial charge is 0.497 e. The summed E-state index contributed by atoms with van der Waals surface area (Å²) < 4.78 is 20.8. The molecule has 1 N–H and O–H groups in total. The number of urea groups is 1. The van der Waals surface area contributed by atoms with Crippen molar-refractivity contribution in [1.82, 2.24) is 10.2 Å². The number of allylic oxidation sites excluding steroid dienone is 1. The molecule has 1 aromatic carbocycles. The Morgan fingerprint density at radius 3 is 2.54 bits per heavy atom. The highest BCUT2D eigenvalue weighted by Crippen LogP contribution is 2.37. The van der Waals surface area contributed by atoms with Gasteiger partial charge in [0.05, 0.1) is 32.4 Å². The third-order valence-electron chi connectivity index (χ3n) is 4.25. The third kappa shape index (κ3) is 3.91. The van der Waals surface area contributed by atoms with Crippen molar-refractivity contribution in [3.8, 4) is 11.5 Å². The van der Waals surface area contributed by atoms with Crippen LogP contribution in [0.3, 0.4) is 0 Å². The number of hydrogen-bond donors (Lipinski definition) is 1. The molecule has 0 saturated heterocycles. The van der Waals surface area contributed by atoms with Crippen LogP contribution >= 0.6 is 0 Å². The van der Waals surface area contributed by atoms with Crippen LogP contribution in [0.2, 0.25) is 0 Å². The van der Waals surface area contributed by atoms with Crippen molar-refractivity contribution in [3.05, 3.63) is 35.0 Å². The van der Waals surface area contributed by atoms with Gasteiger partial charge in [-0.25, -0.2) is 9.59 Å². The molecule has 142 valence electrons. The van der Waals surface area contributed by atoms with E-state index in [1.54, 1.807) is 39.3 Å². The first-order chi connectivity index (χ1) is 12.4. The van der Waals surface area contributed by atoms with E-state index in [-0.39, 0.29) is 19.2 Å². The van der Waals surface area contributed by atoms with Gasteiger partial charge in [0.25, 0.3) is 0 Å². The van der Waals surface area contributed by atoms with E-state index >= 15 is 0 Å². The summed E-state index contributed by atoms with van der Waals surface area (Å²) in [5.41, 5.74) is 1.48. The number of carbonyl (C=O) groups excluding carboxylic acids is 2. The Hall–Kier alpha value is -2.74. The van der Waals surface area contributed by atoms with E-state index in [4.69, 9.17) is 18.9 Å². The average Bonchev–Trinajstić information content (AvgIpc) is 2.65. The summed E-state index contributed by atoms with van der Waals surface area (Å²) in [6, 6.07) is 4.17. The minimum absolute atomic E-state index is 0.121. The highest BCUT2D eigenvalue weighted by atomic mass is 16.6. The van der Waals surface area contributed by atoms with Crippen molar-refractivity contribution < 1.29 is 28.5 Å². The molecule has 2 rings (SSSR count). The fourth-order valence-electron chi connectivity index (χ4n) is 2.69. The van der Waals surface area contributed by atoms with Crippen molar-refractivity contribution in [3.63, 3.8) is 0 Å². The Balaban J connectivity index is 2.47. The molecular weight excluding hydrogens is 340 g/mol. The Morgan fingerprint density at radius 2 is 1.92 bits per heavy atom. The Morgan fingerprint density at radius 1 is 1.19 bits per heavy atom. The first-order valence-corrected chi connectivity index (χ1v) is 8.07. The van der Waals surface area contributed by atoms with E-state index < -0.39 is 12.0 Å². The van der Waals surface area contributed by atoms with Crippen molar-refractivity contribution in [2.75, 3.05) is 41.6 Å². The summed E-state index contributed by atoms with van der Waals surface area (Å²) in [5, 5.41) is 2.82. The molecule has 0 spiro atoms. The van der Waals surface area contributed by atoms with Crippen molar-refractivity contribution in [1.29, 1.82) is 0 Å². The van der Waals surface area contributed by atoms with Crippen LogP contribution in [0.5, 0.6) is 11.5 Å². The standard InChI is InChI=1S/C18H24N2O6/c1-11-15(17(21)26-9-8-23-3)16(19-18(22)20(11)2)13-7-6-12(24-4)10-14(13)25-5/h6-7,10,16H,8-9H2,1-5H3,(H,19,22). The zero-order chi connectivity index (χ0) is 19.3. The molecule has 1 aliphatic heterocycles. The van der Waals surface area contributed by atoms with Crippen LogP contribution in [-0.2, 0) is 14.3 Å². The maximum Gasteiger partial charge on any atom is 0.338 e. The number of hydrogen-bond acceptors (Lipinski definition) is 6. The zero-order valence-electron chi connectivity index (χ0n) is 15.6. The maximum absolute atomic E-state index is 12.7. The molecule has 1 aromatic rings. The van der Waals surface area contributed by atoms with Crippen LogP contribution in [0.15, 0.2) is 29.5 Å². The molecule has 1 aliphatic rings. The predicted octanol–water partition coefficient (Wildman–Crippen LogP) is 1.86. The second-order valence-electron chi connectivity index (χ2n) is 5.68. The topological polar surface area (TPSA) is 86.3 Å². The van der Waals surface area contributed by atoms with Gasteiger partial charge in [-0.1, -0.05) is 0 Å². The maximum atomic E-state index is 12.7. The van der Waals surface area contributed by atoms with Crippen LogP contribution in [0.25, 0.3) is 0 Å². The van der Waals surface area contributed by atoms with Gasteiger partial charge in [-0.05, 0) is 19.1 Å². The highest BCUT2D eigenvalue weighted by Gasteiger charge is 2.36. The van der Waals surface area contributed by atoms with Gasteiger partial charge in [0.15, 0.2) is 0 Å². The molecule has 0 aromatic heterocycles. The molecule has 1 heterocycles. The van der Waals surface area contributed by atoms with Crippen molar-refractivity contribution in [2.45, 2.75) is 13.0 Å². The summed E-state index contributed by atoms with van der Waals surface area (Å²) in [6.45, 7) is 2.11. The average molecular weight is 364 g/mol. The van der Waals surface area contributed by atoms with Gasteiger partial charge >= 0.3 is 12.0 Å². The quantitative estimate of drug-likeness (QED) is 0.587. The summed E-state index contributed by atoms with van der Waals surface area (Å²) in [7, 11) is 6.18. The normalized spacial score (nSPS) is 17.0. The van der Waals surface area contributed by atoms with Gasteiger partial charge in [-0.3, -0.25) is 0 Å². The van der Waals surface area contributed by atoms with E-state index in [1.807, 2.05) is 0 Å². The lowest BCUT2D eigenvalue weighted by Gasteiger charge is -2.33. The number of rotatable bonds is 7. The van der Waals surface area contributed by atoms with Gasteiger partial charge < -0.3 is 29.2 Å². The van der Waals surface area contributed by atoms with Gasteiger partial charge in [0.2, 0.25) is 0 Å². The second kappa shape index (κ2) is 8.57. The van der Waals surface area contributed by atoms with Gasteiger partial charge in [-0.15, -0.1) is 0 Å². The lowest BCUT2D eigenvalue weighted by Crippen LogP contribution is -2.46. The second-order valence-corrected chi connectivity index (χ2v) is 5.68. The molecule has 8 nitrogen and oxygen atoms in total. The van der Waals surface area contributed by atoms with Crippen molar-refractivity contribution >= 4 is 12.0 Å². The van der Waals surface area contributed by atoms with Crippen LogP contribution < -0.4 is 14.8 Å². The molecular formula is C18H24N2O6. The third-order valence-corrected chi connectivity index (χ3v) is 4.25. The van der Waals surface area contributed by atoms with E-state index in [9.17, 15) is 9.59 Å². The number of nitrogens with zero attached hydrogens (tertiary/aromatic N) is 1. The van der Waals surface area contributed by atoms with E-state index in [2.05, 4.69) is 5.32 Å². The molecule has 8 heteroatoms. The first-order valence-electron chi connectivity index (χ1n) is 8.07. The molecule has 0 saturated carbocycles. The van der Waals surface area contributed by atoms with Crippen LogP contribution in [-0.4, -0.2) is 58.5 Å². The van der Waals surface area contributed by atoms with Gasteiger partial charge in [0.1, 0.15) is 18.1 Å². The number of methoxy groups -OCH3 is 3. The highest BCUT2D eigenvalue weighted by molar-refractivity contribution is 5.95. The molecule has 0 bridgehead atoms. The minimum Gasteiger partial charge on any atom is -0.497 e. The van der Waals surface area contributed by atoms with E-state index in [0.29, 0.717) is 28.3 Å². The zero-order valence-corrected chi connectivity index (χ0v) is 15.6. The number of amides is 2. The molecule has 1 atom stereocenters. The summed E-state index contributed by atoms with van der Waals surface area (Å²) in [4.78, 5) is 26.3. The first kappa shape index (κ1) is 19.6. The monoisotopic (exact) mass is 364 g/mol. The minimum atomic E-state index is -0.699. The van der Waals surface area contributed by atoms with Gasteiger partial charge in [0, 0.05) is 31.5 Å². The lowest BCUT2D eigenvalue weighted by molar-refractivity contribution is -0.140. The molecule has 0 fully saturated rings. The number of esters is 1.